The molecule has 0 amide bonds. The monoisotopic (exact) mass is 362 g/mol. The number of aromatic nitrogens is 3. The highest BCUT2D eigenvalue weighted by Gasteiger charge is 2.31. The van der Waals surface area contributed by atoms with Crippen molar-refractivity contribution in [3.63, 3.8) is 0 Å². The van der Waals surface area contributed by atoms with Crippen LogP contribution in [0.1, 0.15) is 29.4 Å². The molecule has 124 valence electrons. The average molecular weight is 363 g/mol. The summed E-state index contributed by atoms with van der Waals surface area (Å²) in [7, 11) is -3.03. The van der Waals surface area contributed by atoms with Crippen molar-refractivity contribution in [1.82, 2.24) is 14.8 Å². The number of hydrogen-bond acceptors (Lipinski definition) is 5. The first-order valence-electron chi connectivity index (χ1n) is 7.39. The predicted octanol–water partition coefficient (Wildman–Crippen LogP) is 2.66. The highest BCUT2D eigenvalue weighted by Crippen LogP contribution is 2.31. The summed E-state index contributed by atoms with van der Waals surface area (Å²) < 4.78 is 24.9. The fourth-order valence-electron chi connectivity index (χ4n) is 2.74. The largest absolute Gasteiger partial charge is 0.256 e. The van der Waals surface area contributed by atoms with Crippen molar-refractivity contribution in [2.24, 2.45) is 0 Å². The fourth-order valence-corrected chi connectivity index (χ4v) is 4.80. The summed E-state index contributed by atoms with van der Waals surface area (Å²) >= 11 is 6.42. The molecule has 3 heterocycles. The molecule has 1 aliphatic rings. The molecule has 6 nitrogen and oxygen atoms in total. The Morgan fingerprint density at radius 3 is 2.88 bits per heavy atom. The van der Waals surface area contributed by atoms with Crippen molar-refractivity contribution in [2.45, 2.75) is 19.4 Å². The van der Waals surface area contributed by atoms with Gasteiger partial charge >= 0.3 is 0 Å². The Balaban J connectivity index is 2.01. The molecule has 1 atom stereocenters. The van der Waals surface area contributed by atoms with Crippen LogP contribution in [0, 0.1) is 18.3 Å². The average Bonchev–Trinajstić information content (AvgIpc) is 3.06. The lowest BCUT2D eigenvalue weighted by Gasteiger charge is -2.09. The third-order valence-corrected chi connectivity index (χ3v) is 6.10. The number of hydrogen-bond donors (Lipinski definition) is 0. The fraction of sp³-hybridized carbons (Fsp3) is 0.312. The van der Waals surface area contributed by atoms with E-state index in [1.165, 1.54) is 0 Å². The molecular weight excluding hydrogens is 348 g/mol. The normalized spacial score (nSPS) is 20.0. The third-order valence-electron chi connectivity index (χ3n) is 3.98. The van der Waals surface area contributed by atoms with Gasteiger partial charge in [0.1, 0.15) is 11.2 Å². The molecule has 0 bridgehead atoms. The summed E-state index contributed by atoms with van der Waals surface area (Å²) in [4.78, 5) is 4.17. The molecule has 2 aromatic heterocycles. The second-order valence-corrected chi connectivity index (χ2v) is 8.26. The van der Waals surface area contributed by atoms with Crippen LogP contribution in [-0.2, 0) is 9.84 Å². The van der Waals surface area contributed by atoms with E-state index in [1.807, 2.05) is 0 Å². The van der Waals surface area contributed by atoms with Gasteiger partial charge in [-0.05, 0) is 31.6 Å². The van der Waals surface area contributed by atoms with Crippen LogP contribution in [-0.4, -0.2) is 34.7 Å². The molecule has 0 saturated carbocycles. The van der Waals surface area contributed by atoms with Gasteiger partial charge in [-0.2, -0.15) is 10.4 Å². The van der Waals surface area contributed by atoms with Crippen molar-refractivity contribution in [3.8, 4) is 6.07 Å². The van der Waals surface area contributed by atoms with E-state index in [1.54, 1.807) is 42.1 Å². The number of rotatable bonds is 3. The number of aryl methyl sites for hydroxylation is 1. The molecule has 0 aliphatic carbocycles. The van der Waals surface area contributed by atoms with Crippen LogP contribution in [0.15, 0.2) is 24.4 Å². The van der Waals surface area contributed by atoms with Gasteiger partial charge in [-0.3, -0.25) is 4.98 Å². The van der Waals surface area contributed by atoms with Crippen LogP contribution in [0.25, 0.3) is 11.6 Å². The Kier molecular flexibility index (Phi) is 4.43. The van der Waals surface area contributed by atoms with Gasteiger partial charge in [0.25, 0.3) is 0 Å². The summed E-state index contributed by atoms with van der Waals surface area (Å²) in [5.74, 6) is 0.192. The minimum Gasteiger partial charge on any atom is -0.256 e. The van der Waals surface area contributed by atoms with E-state index < -0.39 is 9.84 Å². The maximum absolute atomic E-state index is 11.7. The smallest absolute Gasteiger partial charge is 0.152 e. The lowest BCUT2D eigenvalue weighted by atomic mass is 10.1. The molecule has 0 N–H and O–H groups in total. The standard InChI is InChI=1S/C16H15ClN4O2S/c1-11-14(8-12(9-18)15-4-2-3-6-19-15)16(17)21(20-11)13-5-7-24(22,23)10-13/h2-4,6,8,13H,5,7,10H2,1H3/b12-8+. The molecular formula is C16H15ClN4O2S. The second-order valence-electron chi connectivity index (χ2n) is 5.68. The summed E-state index contributed by atoms with van der Waals surface area (Å²) in [5, 5.41) is 14.1. The first-order chi connectivity index (χ1) is 11.4. The molecule has 1 unspecified atom stereocenters. The Bertz CT molecular complexity index is 942. The summed E-state index contributed by atoms with van der Waals surface area (Å²) in [5.41, 5.74) is 2.18. The van der Waals surface area contributed by atoms with Crippen LogP contribution < -0.4 is 0 Å². The zero-order chi connectivity index (χ0) is 17.3. The van der Waals surface area contributed by atoms with Crippen molar-refractivity contribution in [2.75, 3.05) is 11.5 Å². The molecule has 1 aliphatic heterocycles. The van der Waals surface area contributed by atoms with E-state index in [0.717, 1.165) is 0 Å². The van der Waals surface area contributed by atoms with Crippen LogP contribution in [0.5, 0.6) is 0 Å². The lowest BCUT2D eigenvalue weighted by molar-refractivity contribution is 0.497. The molecule has 24 heavy (non-hydrogen) atoms. The lowest BCUT2D eigenvalue weighted by Crippen LogP contribution is -2.12. The third kappa shape index (κ3) is 3.21. The first-order valence-corrected chi connectivity index (χ1v) is 9.59. The zero-order valence-corrected chi connectivity index (χ0v) is 14.5. The van der Waals surface area contributed by atoms with Crippen LogP contribution in [0.2, 0.25) is 5.15 Å². The molecule has 1 fully saturated rings. The number of allylic oxidation sites excluding steroid dienone is 1. The predicted molar refractivity (Wildman–Crippen MR) is 92.0 cm³/mol. The molecule has 0 aromatic carbocycles. The van der Waals surface area contributed by atoms with Crippen molar-refractivity contribution in [3.05, 3.63) is 46.5 Å². The molecule has 1 saturated heterocycles. The minimum atomic E-state index is -3.03. The van der Waals surface area contributed by atoms with Gasteiger partial charge in [0.15, 0.2) is 9.84 Å². The van der Waals surface area contributed by atoms with Gasteiger partial charge in [0.05, 0.1) is 34.5 Å². The van der Waals surface area contributed by atoms with Gasteiger partial charge < -0.3 is 0 Å². The minimum absolute atomic E-state index is 0.0440. The molecule has 8 heteroatoms. The van der Waals surface area contributed by atoms with Crippen LogP contribution in [0.4, 0.5) is 0 Å². The number of nitrogens with zero attached hydrogens (tertiary/aromatic N) is 4. The zero-order valence-electron chi connectivity index (χ0n) is 13.0. The van der Waals surface area contributed by atoms with E-state index in [2.05, 4.69) is 16.2 Å². The highest BCUT2D eigenvalue weighted by atomic mass is 35.5. The van der Waals surface area contributed by atoms with Gasteiger partial charge in [0.2, 0.25) is 0 Å². The highest BCUT2D eigenvalue weighted by molar-refractivity contribution is 7.91. The SMILES string of the molecule is Cc1nn(C2CCS(=O)(=O)C2)c(Cl)c1/C=C(\C#N)c1ccccn1. The molecule has 3 rings (SSSR count). The van der Waals surface area contributed by atoms with E-state index in [-0.39, 0.29) is 17.5 Å². The van der Waals surface area contributed by atoms with Gasteiger partial charge in [-0.25, -0.2) is 13.1 Å². The van der Waals surface area contributed by atoms with Gasteiger partial charge in [-0.15, -0.1) is 0 Å². The maximum Gasteiger partial charge on any atom is 0.152 e. The summed E-state index contributed by atoms with van der Waals surface area (Å²) in [6.07, 6.45) is 3.76. The Labute approximate surface area is 145 Å². The van der Waals surface area contributed by atoms with E-state index >= 15 is 0 Å². The summed E-state index contributed by atoms with van der Waals surface area (Å²) in [6, 6.07) is 7.18. The van der Waals surface area contributed by atoms with Crippen molar-refractivity contribution < 1.29 is 8.42 Å². The van der Waals surface area contributed by atoms with Crippen molar-refractivity contribution in [1.29, 1.82) is 5.26 Å². The molecule has 2 aromatic rings. The topological polar surface area (TPSA) is 88.6 Å². The van der Waals surface area contributed by atoms with Crippen LogP contribution >= 0.6 is 11.6 Å². The number of nitriles is 1. The number of pyridine rings is 1. The van der Waals surface area contributed by atoms with Crippen molar-refractivity contribution >= 4 is 33.1 Å². The van der Waals surface area contributed by atoms with Crippen LogP contribution in [0.3, 0.4) is 0 Å². The second kappa shape index (κ2) is 6.38. The maximum atomic E-state index is 11.7. The van der Waals surface area contributed by atoms with E-state index in [9.17, 15) is 13.7 Å². The number of sulfone groups is 1. The first kappa shape index (κ1) is 16.7. The molecule has 0 spiro atoms. The van der Waals surface area contributed by atoms with Gasteiger partial charge in [0, 0.05) is 11.8 Å². The number of halogens is 1. The Hall–Kier alpha value is -2.17. The quantitative estimate of drug-likeness (QED) is 0.783. The van der Waals surface area contributed by atoms with E-state index in [0.29, 0.717) is 34.1 Å². The Morgan fingerprint density at radius 2 is 2.29 bits per heavy atom. The molecule has 0 radical (unpaired) electrons. The summed E-state index contributed by atoms with van der Waals surface area (Å²) in [6.45, 7) is 1.78. The van der Waals surface area contributed by atoms with Gasteiger partial charge in [-0.1, -0.05) is 17.7 Å². The Morgan fingerprint density at radius 1 is 1.50 bits per heavy atom. The van der Waals surface area contributed by atoms with E-state index in [4.69, 9.17) is 11.6 Å².